The molecule has 3 rings (SSSR count). The Labute approximate surface area is 98.0 Å². The summed E-state index contributed by atoms with van der Waals surface area (Å²) in [4.78, 5) is 12.4. The predicted molar refractivity (Wildman–Crippen MR) is 59.9 cm³/mol. The van der Waals surface area contributed by atoms with Crippen molar-refractivity contribution in [2.24, 2.45) is 0 Å². The molecule has 0 N–H and O–H groups in total. The molecule has 5 nitrogen and oxygen atoms in total. The number of carbonyl (C=O) groups is 1. The maximum absolute atomic E-state index is 12.4. The summed E-state index contributed by atoms with van der Waals surface area (Å²) in [5.41, 5.74) is 0.615. The van der Waals surface area contributed by atoms with Crippen LogP contribution < -0.4 is 4.74 Å². The van der Waals surface area contributed by atoms with E-state index in [4.69, 9.17) is 4.74 Å². The maximum atomic E-state index is 12.4. The number of hydrogen-bond acceptors (Lipinski definition) is 4. The number of Topliss-reactive ketones (excluding diaryl/α,β-unsaturated/α-hetero) is 1. The van der Waals surface area contributed by atoms with Crippen molar-refractivity contribution in [2.75, 3.05) is 0 Å². The lowest BCUT2D eigenvalue weighted by atomic mass is 9.96. The number of nitrogens with zero attached hydrogens (tertiary/aromatic N) is 3. The summed E-state index contributed by atoms with van der Waals surface area (Å²) in [7, 11) is 0. The van der Waals surface area contributed by atoms with Crippen LogP contribution in [0, 0.1) is 0 Å². The fourth-order valence-corrected chi connectivity index (χ4v) is 2.14. The van der Waals surface area contributed by atoms with E-state index < -0.39 is 0 Å². The number of hydrogen-bond donors (Lipinski definition) is 0. The van der Waals surface area contributed by atoms with Gasteiger partial charge in [0.2, 0.25) is 0 Å². The van der Waals surface area contributed by atoms with E-state index >= 15 is 0 Å². The van der Waals surface area contributed by atoms with Crippen LogP contribution in [-0.2, 0) is 0 Å². The van der Waals surface area contributed by atoms with Gasteiger partial charge in [0.25, 0.3) is 0 Å². The van der Waals surface area contributed by atoms with Crippen LogP contribution in [0.1, 0.15) is 23.3 Å². The van der Waals surface area contributed by atoms with Crippen LogP contribution in [0.2, 0.25) is 0 Å². The zero-order valence-electron chi connectivity index (χ0n) is 9.28. The van der Waals surface area contributed by atoms with Gasteiger partial charge in [0.05, 0.1) is 5.56 Å². The topological polar surface area (TPSA) is 57.0 Å². The van der Waals surface area contributed by atoms with E-state index in [0.29, 0.717) is 11.3 Å². The monoisotopic (exact) mass is 229 g/mol. The van der Waals surface area contributed by atoms with Gasteiger partial charge in [-0.2, -0.15) is 0 Å². The summed E-state index contributed by atoms with van der Waals surface area (Å²) in [6.45, 7) is 1.87. The van der Waals surface area contributed by atoms with E-state index in [2.05, 4.69) is 10.2 Å². The second-order valence-corrected chi connectivity index (χ2v) is 4.04. The summed E-state index contributed by atoms with van der Waals surface area (Å²) in [5.74, 6) is 0.688. The Hall–Kier alpha value is -2.17. The molecule has 0 aliphatic carbocycles. The van der Waals surface area contributed by atoms with Crippen molar-refractivity contribution in [2.45, 2.75) is 19.1 Å². The molecule has 0 bridgehead atoms. The van der Waals surface area contributed by atoms with Crippen LogP contribution >= 0.6 is 0 Å². The largest absolute Gasteiger partial charge is 0.487 e. The molecule has 1 aliphatic heterocycles. The molecule has 1 aromatic carbocycles. The molecule has 0 saturated heterocycles. The molecule has 0 amide bonds. The number of para-hydroxylation sites is 1. The van der Waals surface area contributed by atoms with Gasteiger partial charge in [0.1, 0.15) is 30.5 Å². The zero-order chi connectivity index (χ0) is 11.8. The average molecular weight is 229 g/mol. The Morgan fingerprint density at radius 3 is 2.71 bits per heavy atom. The van der Waals surface area contributed by atoms with Crippen LogP contribution in [0.5, 0.6) is 5.75 Å². The first-order chi connectivity index (χ1) is 8.27. The highest BCUT2D eigenvalue weighted by atomic mass is 16.5. The number of ketones is 1. The van der Waals surface area contributed by atoms with E-state index in [9.17, 15) is 4.79 Å². The summed E-state index contributed by atoms with van der Waals surface area (Å²) in [6, 6.07) is 6.89. The summed E-state index contributed by atoms with van der Waals surface area (Å²) in [6.07, 6.45) is 2.85. The van der Waals surface area contributed by atoms with Crippen molar-refractivity contribution >= 4 is 5.78 Å². The second kappa shape index (κ2) is 3.69. The number of ether oxygens (including phenoxy) is 1. The minimum absolute atomic E-state index is 0.0409. The first-order valence-electron chi connectivity index (χ1n) is 5.41. The number of rotatable bonds is 1. The molecular weight excluding hydrogens is 218 g/mol. The quantitative estimate of drug-likeness (QED) is 0.743. The predicted octanol–water partition coefficient (Wildman–Crippen LogP) is 1.48. The van der Waals surface area contributed by atoms with Crippen LogP contribution in [0.4, 0.5) is 0 Å². The molecule has 1 aromatic heterocycles. The normalized spacial score (nSPS) is 23.0. The molecule has 2 aromatic rings. The molecule has 0 spiro atoms. The lowest BCUT2D eigenvalue weighted by molar-refractivity contribution is 0.0717. The second-order valence-electron chi connectivity index (χ2n) is 4.04. The van der Waals surface area contributed by atoms with Crippen molar-refractivity contribution < 1.29 is 9.53 Å². The van der Waals surface area contributed by atoms with Crippen LogP contribution in [0.25, 0.3) is 0 Å². The molecule has 0 unspecified atom stereocenters. The van der Waals surface area contributed by atoms with Crippen LogP contribution in [0.15, 0.2) is 36.9 Å². The van der Waals surface area contributed by atoms with Gasteiger partial charge in [-0.3, -0.25) is 4.79 Å². The molecule has 1 aliphatic rings. The summed E-state index contributed by atoms with van der Waals surface area (Å²) < 4.78 is 7.42. The van der Waals surface area contributed by atoms with Crippen molar-refractivity contribution in [3.8, 4) is 5.75 Å². The van der Waals surface area contributed by atoms with E-state index in [0.717, 1.165) is 0 Å². The van der Waals surface area contributed by atoms with Crippen molar-refractivity contribution in [1.82, 2.24) is 14.8 Å². The van der Waals surface area contributed by atoms with Gasteiger partial charge in [0.15, 0.2) is 5.78 Å². The lowest BCUT2D eigenvalue weighted by Gasteiger charge is -2.30. The van der Waals surface area contributed by atoms with Crippen molar-refractivity contribution in [3.63, 3.8) is 0 Å². The number of carbonyl (C=O) groups excluding carboxylic acids is 1. The third-order valence-corrected chi connectivity index (χ3v) is 2.94. The lowest BCUT2D eigenvalue weighted by Crippen LogP contribution is -2.37. The molecule has 17 heavy (non-hydrogen) atoms. The molecule has 0 fully saturated rings. The van der Waals surface area contributed by atoms with Gasteiger partial charge in [-0.25, -0.2) is 0 Å². The maximum Gasteiger partial charge on any atom is 0.193 e. The van der Waals surface area contributed by atoms with E-state index in [1.165, 1.54) is 12.7 Å². The Morgan fingerprint density at radius 1 is 1.24 bits per heavy atom. The van der Waals surface area contributed by atoms with Crippen LogP contribution in [0.3, 0.4) is 0 Å². The first kappa shape index (κ1) is 10.0. The Bertz CT molecular complexity index is 551. The smallest absolute Gasteiger partial charge is 0.193 e. The zero-order valence-corrected chi connectivity index (χ0v) is 9.28. The van der Waals surface area contributed by atoms with E-state index in [-0.39, 0.29) is 17.9 Å². The first-order valence-corrected chi connectivity index (χ1v) is 5.41. The molecule has 0 saturated carbocycles. The van der Waals surface area contributed by atoms with Gasteiger partial charge >= 0.3 is 0 Å². The van der Waals surface area contributed by atoms with Gasteiger partial charge < -0.3 is 9.30 Å². The minimum Gasteiger partial charge on any atom is -0.487 e. The fraction of sp³-hybridized carbons (Fsp3) is 0.250. The highest BCUT2D eigenvalue weighted by Gasteiger charge is 2.35. The molecule has 2 atom stereocenters. The van der Waals surface area contributed by atoms with Gasteiger partial charge in [-0.05, 0) is 19.1 Å². The number of fused-ring (bicyclic) bond motifs is 1. The number of aromatic nitrogens is 3. The van der Waals surface area contributed by atoms with E-state index in [1.54, 1.807) is 10.6 Å². The average Bonchev–Trinajstić information content (AvgIpc) is 2.83. The molecule has 2 heterocycles. The van der Waals surface area contributed by atoms with E-state index in [1.807, 2.05) is 25.1 Å². The van der Waals surface area contributed by atoms with Crippen LogP contribution in [-0.4, -0.2) is 26.7 Å². The van der Waals surface area contributed by atoms with Crippen molar-refractivity contribution in [3.05, 3.63) is 42.5 Å². The summed E-state index contributed by atoms with van der Waals surface area (Å²) >= 11 is 0. The third kappa shape index (κ3) is 1.51. The molecule has 5 heteroatoms. The molecule has 0 radical (unpaired) electrons. The standard InChI is InChI=1S/C12H11N3O2/c1-8-11(15-6-13-14-7-15)12(16)9-4-2-3-5-10(9)17-8/h2-8,11H,1H3/t8-,11-/m0/s1. The summed E-state index contributed by atoms with van der Waals surface area (Å²) in [5, 5.41) is 7.45. The third-order valence-electron chi connectivity index (χ3n) is 2.94. The van der Waals surface area contributed by atoms with Gasteiger partial charge in [-0.1, -0.05) is 12.1 Å². The highest BCUT2D eigenvalue weighted by molar-refractivity contribution is 6.02. The Kier molecular flexibility index (Phi) is 2.18. The molecule has 86 valence electrons. The number of benzene rings is 1. The van der Waals surface area contributed by atoms with Gasteiger partial charge in [-0.15, -0.1) is 10.2 Å². The Morgan fingerprint density at radius 2 is 1.94 bits per heavy atom. The van der Waals surface area contributed by atoms with Gasteiger partial charge in [0, 0.05) is 0 Å². The Balaban J connectivity index is 2.07. The van der Waals surface area contributed by atoms with Crippen molar-refractivity contribution in [1.29, 1.82) is 0 Å². The minimum atomic E-state index is -0.389. The molecular formula is C12H11N3O2. The fourth-order valence-electron chi connectivity index (χ4n) is 2.14. The SMILES string of the molecule is C[C@@H]1Oc2ccccc2C(=O)[C@H]1n1cnnc1. The highest BCUT2D eigenvalue weighted by Crippen LogP contribution is 2.32.